The second kappa shape index (κ2) is 4.82. The molecule has 0 spiro atoms. The summed E-state index contributed by atoms with van der Waals surface area (Å²) in [5.41, 5.74) is 1.83. The Morgan fingerprint density at radius 1 is 1.44 bits per heavy atom. The molecule has 1 N–H and O–H groups in total. The molecule has 0 aliphatic heterocycles. The number of carbonyl (C=O) groups is 1. The number of amides is 1. The fourth-order valence-electron chi connectivity index (χ4n) is 1.94. The molecular weight excluding hydrogens is 230 g/mol. The van der Waals surface area contributed by atoms with Crippen LogP contribution in [0.15, 0.2) is 28.7 Å². The molecule has 0 aliphatic rings. The zero-order valence-corrected chi connectivity index (χ0v) is 10.8. The largest absolute Gasteiger partial charge is 0.451 e. The standard InChI is InChI=1S/C14H17NO3/c1-9-4-5-12-11(6-9)7-13(18-12)14(17)15(3)8-10(2)16/h4-7,10,16H,8H2,1-3H3. The van der Waals surface area contributed by atoms with E-state index in [1.165, 1.54) is 4.90 Å². The average molecular weight is 247 g/mol. The molecule has 2 aromatic rings. The Kier molecular flexibility index (Phi) is 3.39. The number of rotatable bonds is 3. The summed E-state index contributed by atoms with van der Waals surface area (Å²) in [5.74, 6) is 0.0866. The highest BCUT2D eigenvalue weighted by molar-refractivity contribution is 5.96. The van der Waals surface area contributed by atoms with Gasteiger partial charge in [0.05, 0.1) is 6.10 Å². The molecule has 1 heterocycles. The van der Waals surface area contributed by atoms with Crippen LogP contribution in [0.4, 0.5) is 0 Å². The predicted octanol–water partition coefficient (Wildman–Crippen LogP) is 2.19. The summed E-state index contributed by atoms with van der Waals surface area (Å²) in [4.78, 5) is 13.5. The van der Waals surface area contributed by atoms with Crippen molar-refractivity contribution in [2.24, 2.45) is 0 Å². The highest BCUT2D eigenvalue weighted by Gasteiger charge is 2.17. The average Bonchev–Trinajstić information content (AvgIpc) is 2.69. The monoisotopic (exact) mass is 247 g/mol. The summed E-state index contributed by atoms with van der Waals surface area (Å²) in [7, 11) is 1.65. The Morgan fingerprint density at radius 2 is 2.17 bits per heavy atom. The quantitative estimate of drug-likeness (QED) is 0.904. The number of hydrogen-bond acceptors (Lipinski definition) is 3. The van der Waals surface area contributed by atoms with Crippen molar-refractivity contribution < 1.29 is 14.3 Å². The molecule has 1 amide bonds. The molecular formula is C14H17NO3. The number of fused-ring (bicyclic) bond motifs is 1. The minimum atomic E-state index is -0.550. The molecule has 0 aliphatic carbocycles. The van der Waals surface area contributed by atoms with Crippen LogP contribution in [0.25, 0.3) is 11.0 Å². The first-order valence-electron chi connectivity index (χ1n) is 5.91. The van der Waals surface area contributed by atoms with E-state index < -0.39 is 6.10 Å². The number of carbonyl (C=O) groups excluding carboxylic acids is 1. The van der Waals surface area contributed by atoms with Crippen LogP contribution < -0.4 is 0 Å². The lowest BCUT2D eigenvalue weighted by atomic mass is 10.2. The van der Waals surface area contributed by atoms with Gasteiger partial charge in [-0.2, -0.15) is 0 Å². The molecule has 0 saturated heterocycles. The van der Waals surface area contributed by atoms with Gasteiger partial charge in [0.15, 0.2) is 5.76 Å². The van der Waals surface area contributed by atoms with Gasteiger partial charge in [-0.05, 0) is 32.0 Å². The van der Waals surface area contributed by atoms with Crippen LogP contribution >= 0.6 is 0 Å². The van der Waals surface area contributed by atoms with Crippen molar-refractivity contribution in [2.75, 3.05) is 13.6 Å². The summed E-state index contributed by atoms with van der Waals surface area (Å²) in [6, 6.07) is 7.52. The Morgan fingerprint density at radius 3 is 2.83 bits per heavy atom. The molecule has 4 heteroatoms. The van der Waals surface area contributed by atoms with Crippen LogP contribution in [-0.2, 0) is 0 Å². The summed E-state index contributed by atoms with van der Waals surface area (Å²) in [6.07, 6.45) is -0.550. The van der Waals surface area contributed by atoms with Gasteiger partial charge >= 0.3 is 0 Å². The van der Waals surface area contributed by atoms with Gasteiger partial charge in [-0.1, -0.05) is 11.6 Å². The number of nitrogens with zero attached hydrogens (tertiary/aromatic N) is 1. The Balaban J connectivity index is 2.28. The Hall–Kier alpha value is -1.81. The Bertz CT molecular complexity index is 571. The van der Waals surface area contributed by atoms with E-state index in [4.69, 9.17) is 4.42 Å². The van der Waals surface area contributed by atoms with Gasteiger partial charge in [0.1, 0.15) is 5.58 Å². The van der Waals surface area contributed by atoms with Crippen molar-refractivity contribution in [3.63, 3.8) is 0 Å². The third-order valence-electron chi connectivity index (χ3n) is 2.77. The second-order valence-electron chi connectivity index (χ2n) is 4.69. The molecule has 1 aromatic heterocycles. The van der Waals surface area contributed by atoms with E-state index in [9.17, 15) is 9.90 Å². The van der Waals surface area contributed by atoms with E-state index in [2.05, 4.69) is 0 Å². The van der Waals surface area contributed by atoms with Crippen LogP contribution in [0.1, 0.15) is 23.0 Å². The second-order valence-corrected chi connectivity index (χ2v) is 4.69. The number of likely N-dealkylation sites (N-methyl/N-ethyl adjacent to an activating group) is 1. The van der Waals surface area contributed by atoms with Crippen molar-refractivity contribution in [3.05, 3.63) is 35.6 Å². The van der Waals surface area contributed by atoms with Crippen molar-refractivity contribution in [3.8, 4) is 0 Å². The predicted molar refractivity (Wildman–Crippen MR) is 69.6 cm³/mol. The van der Waals surface area contributed by atoms with Gasteiger partial charge in [0, 0.05) is 19.0 Å². The maximum absolute atomic E-state index is 12.1. The van der Waals surface area contributed by atoms with Crippen LogP contribution in [0.2, 0.25) is 0 Å². The van der Waals surface area contributed by atoms with E-state index in [0.29, 0.717) is 11.3 Å². The van der Waals surface area contributed by atoms with Gasteiger partial charge in [-0.25, -0.2) is 0 Å². The number of hydrogen-bond donors (Lipinski definition) is 1. The topological polar surface area (TPSA) is 53.7 Å². The van der Waals surface area contributed by atoms with Crippen LogP contribution in [-0.4, -0.2) is 35.6 Å². The van der Waals surface area contributed by atoms with Crippen LogP contribution in [0.3, 0.4) is 0 Å². The SMILES string of the molecule is Cc1ccc2oc(C(=O)N(C)CC(C)O)cc2c1. The van der Waals surface area contributed by atoms with E-state index in [-0.39, 0.29) is 12.5 Å². The number of benzene rings is 1. The first kappa shape index (κ1) is 12.6. The van der Waals surface area contributed by atoms with Crippen molar-refractivity contribution >= 4 is 16.9 Å². The molecule has 0 saturated carbocycles. The molecule has 4 nitrogen and oxygen atoms in total. The molecule has 1 atom stereocenters. The highest BCUT2D eigenvalue weighted by Crippen LogP contribution is 2.21. The van der Waals surface area contributed by atoms with Crippen LogP contribution in [0.5, 0.6) is 0 Å². The van der Waals surface area contributed by atoms with Gasteiger partial charge in [-0.3, -0.25) is 4.79 Å². The minimum Gasteiger partial charge on any atom is -0.451 e. The third-order valence-corrected chi connectivity index (χ3v) is 2.77. The smallest absolute Gasteiger partial charge is 0.289 e. The highest BCUT2D eigenvalue weighted by atomic mass is 16.3. The molecule has 1 aromatic carbocycles. The van der Waals surface area contributed by atoms with E-state index in [0.717, 1.165) is 10.9 Å². The maximum Gasteiger partial charge on any atom is 0.289 e. The lowest BCUT2D eigenvalue weighted by Gasteiger charge is -2.16. The summed E-state index contributed by atoms with van der Waals surface area (Å²) < 4.78 is 5.51. The van der Waals surface area contributed by atoms with Crippen molar-refractivity contribution in [1.82, 2.24) is 4.90 Å². The van der Waals surface area contributed by atoms with E-state index in [1.54, 1.807) is 20.0 Å². The molecule has 2 rings (SSSR count). The minimum absolute atomic E-state index is 0.218. The van der Waals surface area contributed by atoms with Crippen LogP contribution in [0, 0.1) is 6.92 Å². The summed E-state index contributed by atoms with van der Waals surface area (Å²) >= 11 is 0. The lowest BCUT2D eigenvalue weighted by Crippen LogP contribution is -2.32. The zero-order valence-electron chi connectivity index (χ0n) is 10.8. The Labute approximate surface area is 106 Å². The van der Waals surface area contributed by atoms with Crippen molar-refractivity contribution in [1.29, 1.82) is 0 Å². The molecule has 96 valence electrons. The zero-order chi connectivity index (χ0) is 13.3. The van der Waals surface area contributed by atoms with Gasteiger partial charge in [0.25, 0.3) is 5.91 Å². The number of furan rings is 1. The van der Waals surface area contributed by atoms with E-state index >= 15 is 0 Å². The molecule has 0 bridgehead atoms. The fraction of sp³-hybridized carbons (Fsp3) is 0.357. The summed E-state index contributed by atoms with van der Waals surface area (Å²) in [5, 5.41) is 10.2. The fourth-order valence-corrected chi connectivity index (χ4v) is 1.94. The normalized spacial score (nSPS) is 12.7. The first-order chi connectivity index (χ1) is 8.47. The van der Waals surface area contributed by atoms with E-state index in [1.807, 2.05) is 25.1 Å². The molecule has 0 fully saturated rings. The first-order valence-corrected chi connectivity index (χ1v) is 5.91. The number of aryl methyl sites for hydroxylation is 1. The van der Waals surface area contributed by atoms with Gasteiger partial charge in [-0.15, -0.1) is 0 Å². The lowest BCUT2D eigenvalue weighted by molar-refractivity contribution is 0.0676. The van der Waals surface area contributed by atoms with Gasteiger partial charge < -0.3 is 14.4 Å². The molecule has 1 unspecified atom stereocenters. The number of aliphatic hydroxyl groups excluding tert-OH is 1. The third kappa shape index (κ3) is 2.54. The molecule has 0 radical (unpaired) electrons. The van der Waals surface area contributed by atoms with Crippen molar-refractivity contribution in [2.45, 2.75) is 20.0 Å². The maximum atomic E-state index is 12.1. The van der Waals surface area contributed by atoms with Gasteiger partial charge in [0.2, 0.25) is 0 Å². The molecule has 18 heavy (non-hydrogen) atoms. The number of aliphatic hydroxyl groups is 1. The summed E-state index contributed by atoms with van der Waals surface area (Å²) in [6.45, 7) is 3.92.